The topological polar surface area (TPSA) is 108 Å². The fourth-order valence-electron chi connectivity index (χ4n) is 3.99. The second-order valence-corrected chi connectivity index (χ2v) is 7.83. The van der Waals surface area contributed by atoms with Crippen LogP contribution in [0.3, 0.4) is 0 Å². The fraction of sp³-hybridized carbons (Fsp3) is 0.348. The van der Waals surface area contributed by atoms with Crippen molar-refractivity contribution in [3.8, 4) is 0 Å². The van der Waals surface area contributed by atoms with Gasteiger partial charge in [0.1, 0.15) is 6.04 Å². The lowest BCUT2D eigenvalue weighted by molar-refractivity contribution is -0.137. The van der Waals surface area contributed by atoms with E-state index in [0.29, 0.717) is 24.9 Å². The Morgan fingerprint density at radius 1 is 1.23 bits per heavy atom. The molecule has 8 heteroatoms. The van der Waals surface area contributed by atoms with Crippen LogP contribution in [0.1, 0.15) is 53.4 Å². The zero-order chi connectivity index (χ0) is 22.0. The summed E-state index contributed by atoms with van der Waals surface area (Å²) in [5.74, 6) is -1.04. The number of benzene rings is 1. The first-order valence-electron chi connectivity index (χ1n) is 10.5. The van der Waals surface area contributed by atoms with E-state index in [4.69, 9.17) is 0 Å². The van der Waals surface area contributed by atoms with E-state index in [0.717, 1.165) is 28.9 Å². The van der Waals surface area contributed by atoms with Gasteiger partial charge in [0.2, 0.25) is 17.7 Å². The molecule has 4 rings (SSSR count). The van der Waals surface area contributed by atoms with Gasteiger partial charge in [-0.05, 0) is 48.6 Å². The van der Waals surface area contributed by atoms with E-state index < -0.39 is 11.9 Å². The molecule has 1 unspecified atom stereocenters. The normalized spacial score (nSPS) is 18.0. The van der Waals surface area contributed by atoms with Gasteiger partial charge in [-0.25, -0.2) is 0 Å². The largest absolute Gasteiger partial charge is 0.326 e. The first-order valence-corrected chi connectivity index (χ1v) is 10.5. The van der Waals surface area contributed by atoms with Crippen molar-refractivity contribution in [2.75, 3.05) is 5.32 Å². The third-order valence-corrected chi connectivity index (χ3v) is 5.70. The first kappa shape index (κ1) is 20.7. The van der Waals surface area contributed by atoms with E-state index in [1.807, 2.05) is 25.1 Å². The molecule has 0 spiro atoms. The average molecular weight is 420 g/mol. The molecular formula is C23H24N4O4. The minimum Gasteiger partial charge on any atom is -0.326 e. The summed E-state index contributed by atoms with van der Waals surface area (Å²) in [6.07, 6.45) is 3.82. The summed E-state index contributed by atoms with van der Waals surface area (Å²) in [5.41, 5.74) is 3.93. The summed E-state index contributed by atoms with van der Waals surface area (Å²) in [4.78, 5) is 54.5. The standard InChI is InChI=1S/C23H24N4O4/c1-2-16-12-17(9-10-24-16)25-20(28)7-4-14-3-5-15-13-27(23(31)18(15)11-14)19-6-8-21(29)26-22(19)30/h3,5,9-12,19H,2,4,6-8,13H2,1H3,(H,24,25,28)(H,26,29,30). The van der Waals surface area contributed by atoms with Gasteiger partial charge in [-0.1, -0.05) is 19.1 Å². The summed E-state index contributed by atoms with van der Waals surface area (Å²) >= 11 is 0. The number of anilines is 1. The molecule has 2 aliphatic heterocycles. The van der Waals surface area contributed by atoms with Crippen LogP contribution >= 0.6 is 0 Å². The number of fused-ring (bicyclic) bond motifs is 1. The predicted molar refractivity (Wildman–Crippen MR) is 113 cm³/mol. The number of aryl methyl sites for hydroxylation is 2. The van der Waals surface area contributed by atoms with E-state index in [-0.39, 0.29) is 30.6 Å². The van der Waals surface area contributed by atoms with E-state index in [1.54, 1.807) is 18.3 Å². The number of rotatable bonds is 6. The van der Waals surface area contributed by atoms with Gasteiger partial charge in [-0.2, -0.15) is 0 Å². The van der Waals surface area contributed by atoms with Gasteiger partial charge in [0.15, 0.2) is 0 Å². The van der Waals surface area contributed by atoms with Crippen LogP contribution in [0.5, 0.6) is 0 Å². The maximum atomic E-state index is 12.9. The zero-order valence-corrected chi connectivity index (χ0v) is 17.3. The summed E-state index contributed by atoms with van der Waals surface area (Å²) < 4.78 is 0. The highest BCUT2D eigenvalue weighted by Gasteiger charge is 2.39. The fourth-order valence-corrected chi connectivity index (χ4v) is 3.99. The molecule has 3 heterocycles. The lowest BCUT2D eigenvalue weighted by Crippen LogP contribution is -2.52. The molecule has 1 aromatic heterocycles. The van der Waals surface area contributed by atoms with Crippen molar-refractivity contribution in [3.63, 3.8) is 0 Å². The molecule has 160 valence electrons. The van der Waals surface area contributed by atoms with Gasteiger partial charge in [0.05, 0.1) is 0 Å². The SMILES string of the molecule is CCc1cc(NC(=O)CCc2ccc3c(c2)C(=O)N(C2CCC(=O)NC2=O)C3)ccn1. The molecule has 0 saturated carbocycles. The second kappa shape index (κ2) is 8.67. The molecule has 1 atom stereocenters. The molecule has 0 aliphatic carbocycles. The zero-order valence-electron chi connectivity index (χ0n) is 17.3. The molecule has 0 radical (unpaired) electrons. The second-order valence-electron chi connectivity index (χ2n) is 7.83. The number of aromatic nitrogens is 1. The monoisotopic (exact) mass is 420 g/mol. The third-order valence-electron chi connectivity index (χ3n) is 5.70. The molecular weight excluding hydrogens is 396 g/mol. The van der Waals surface area contributed by atoms with Crippen molar-refractivity contribution in [2.45, 2.75) is 51.6 Å². The number of nitrogens with one attached hydrogen (secondary N) is 2. The van der Waals surface area contributed by atoms with Gasteiger partial charge in [-0.15, -0.1) is 0 Å². The Kier molecular flexibility index (Phi) is 5.79. The van der Waals surface area contributed by atoms with Crippen molar-refractivity contribution in [3.05, 3.63) is 58.9 Å². The molecule has 2 aromatic rings. The Labute approximate surface area is 180 Å². The smallest absolute Gasteiger partial charge is 0.255 e. The lowest BCUT2D eigenvalue weighted by atomic mass is 10.0. The van der Waals surface area contributed by atoms with Crippen molar-refractivity contribution >= 4 is 29.3 Å². The van der Waals surface area contributed by atoms with Crippen LogP contribution in [0.15, 0.2) is 36.5 Å². The minimum atomic E-state index is -0.625. The number of hydrogen-bond donors (Lipinski definition) is 2. The maximum Gasteiger partial charge on any atom is 0.255 e. The van der Waals surface area contributed by atoms with Gasteiger partial charge < -0.3 is 10.2 Å². The van der Waals surface area contributed by atoms with Crippen LogP contribution < -0.4 is 10.6 Å². The summed E-state index contributed by atoms with van der Waals surface area (Å²) in [5, 5.41) is 5.19. The molecule has 2 N–H and O–H groups in total. The molecule has 8 nitrogen and oxygen atoms in total. The number of nitrogens with zero attached hydrogens (tertiary/aromatic N) is 2. The number of hydrogen-bond acceptors (Lipinski definition) is 5. The maximum absolute atomic E-state index is 12.9. The Morgan fingerprint density at radius 3 is 2.84 bits per heavy atom. The van der Waals surface area contributed by atoms with Gasteiger partial charge in [0, 0.05) is 42.5 Å². The molecule has 1 fully saturated rings. The predicted octanol–water partition coefficient (Wildman–Crippen LogP) is 1.98. The van der Waals surface area contributed by atoms with E-state index in [9.17, 15) is 19.2 Å². The molecule has 31 heavy (non-hydrogen) atoms. The van der Waals surface area contributed by atoms with Crippen LogP contribution in [0.4, 0.5) is 5.69 Å². The summed E-state index contributed by atoms with van der Waals surface area (Å²) in [7, 11) is 0. The minimum absolute atomic E-state index is 0.106. The Hall–Kier alpha value is -3.55. The molecule has 1 aromatic carbocycles. The molecule has 4 amide bonds. The number of pyridine rings is 1. The van der Waals surface area contributed by atoms with Crippen molar-refractivity contribution in [1.82, 2.24) is 15.2 Å². The number of carbonyl (C=O) groups excluding carboxylic acids is 4. The summed E-state index contributed by atoms with van der Waals surface area (Å²) in [6, 6.07) is 8.58. The van der Waals surface area contributed by atoms with Gasteiger partial charge in [0.25, 0.3) is 5.91 Å². The van der Waals surface area contributed by atoms with Crippen LogP contribution in [0, 0.1) is 0 Å². The highest BCUT2D eigenvalue weighted by atomic mass is 16.2. The molecule has 1 saturated heterocycles. The van der Waals surface area contributed by atoms with E-state index in [2.05, 4.69) is 15.6 Å². The summed E-state index contributed by atoms with van der Waals surface area (Å²) in [6.45, 7) is 2.35. The molecule has 2 aliphatic rings. The van der Waals surface area contributed by atoms with Crippen molar-refractivity contribution in [2.24, 2.45) is 0 Å². The number of carbonyl (C=O) groups is 4. The number of piperidine rings is 1. The van der Waals surface area contributed by atoms with Crippen molar-refractivity contribution in [1.29, 1.82) is 0 Å². The Balaban J connectivity index is 1.38. The highest BCUT2D eigenvalue weighted by Crippen LogP contribution is 2.28. The van der Waals surface area contributed by atoms with Crippen LogP contribution in [-0.2, 0) is 33.8 Å². The average Bonchev–Trinajstić information content (AvgIpc) is 3.08. The van der Waals surface area contributed by atoms with Crippen LogP contribution in [0.2, 0.25) is 0 Å². The third kappa shape index (κ3) is 4.47. The van der Waals surface area contributed by atoms with Gasteiger partial charge in [-0.3, -0.25) is 29.5 Å². The lowest BCUT2D eigenvalue weighted by Gasteiger charge is -2.29. The Morgan fingerprint density at radius 2 is 2.06 bits per heavy atom. The van der Waals surface area contributed by atoms with Crippen molar-refractivity contribution < 1.29 is 19.2 Å². The van der Waals surface area contributed by atoms with Gasteiger partial charge >= 0.3 is 0 Å². The van der Waals surface area contributed by atoms with E-state index in [1.165, 1.54) is 4.90 Å². The quantitative estimate of drug-likeness (QED) is 0.695. The highest BCUT2D eigenvalue weighted by molar-refractivity contribution is 6.05. The number of amides is 4. The Bertz CT molecular complexity index is 1070. The van der Waals surface area contributed by atoms with Crippen LogP contribution in [-0.4, -0.2) is 39.6 Å². The first-order chi connectivity index (χ1) is 14.9. The van der Waals surface area contributed by atoms with Crippen LogP contribution in [0.25, 0.3) is 0 Å². The van der Waals surface area contributed by atoms with E-state index >= 15 is 0 Å². The number of imide groups is 1. The molecule has 0 bridgehead atoms.